The van der Waals surface area contributed by atoms with E-state index in [-0.39, 0.29) is 11.5 Å². The van der Waals surface area contributed by atoms with Gasteiger partial charge < -0.3 is 25.0 Å². The molecule has 0 unspecified atom stereocenters. The van der Waals surface area contributed by atoms with Crippen molar-refractivity contribution >= 4 is 17.3 Å². The summed E-state index contributed by atoms with van der Waals surface area (Å²) in [5.41, 5.74) is 3.67. The molecule has 32 heavy (non-hydrogen) atoms. The van der Waals surface area contributed by atoms with Gasteiger partial charge in [0.2, 0.25) is 5.82 Å². The number of benzene rings is 1. The summed E-state index contributed by atoms with van der Waals surface area (Å²) in [5, 5.41) is 42.0. The van der Waals surface area contributed by atoms with Gasteiger partial charge in [0.25, 0.3) is 5.69 Å². The van der Waals surface area contributed by atoms with Crippen molar-refractivity contribution in [2.24, 2.45) is 0 Å². The van der Waals surface area contributed by atoms with Crippen LogP contribution in [0.5, 0.6) is 0 Å². The summed E-state index contributed by atoms with van der Waals surface area (Å²) in [4.78, 5) is 29.2. The highest BCUT2D eigenvalue weighted by Gasteiger charge is 2.44. The second-order valence-corrected chi connectivity index (χ2v) is 7.58. The van der Waals surface area contributed by atoms with Crippen molar-refractivity contribution in [1.29, 1.82) is 0 Å². The van der Waals surface area contributed by atoms with Crippen LogP contribution in [-0.2, 0) is 4.74 Å². The van der Waals surface area contributed by atoms with Crippen LogP contribution in [0.3, 0.4) is 0 Å². The van der Waals surface area contributed by atoms with E-state index in [1.165, 1.54) is 29.1 Å². The van der Waals surface area contributed by atoms with E-state index in [4.69, 9.17) is 4.74 Å². The molecule has 172 valence electrons. The summed E-state index contributed by atoms with van der Waals surface area (Å²) in [5.74, 6) is -0.505. The predicted molar refractivity (Wildman–Crippen MR) is 110 cm³/mol. The SMILES string of the molecule is O=C(NN1CCN(c2ccc([N+](=O)[O-])cc2)CC1)c1nccn1[C@@H]1O[C@H](CO)[C@@H](O)[C@H]1O. The van der Waals surface area contributed by atoms with E-state index >= 15 is 0 Å². The monoisotopic (exact) mass is 448 g/mol. The van der Waals surface area contributed by atoms with Crippen molar-refractivity contribution in [3.05, 3.63) is 52.6 Å². The molecule has 0 aliphatic carbocycles. The molecule has 4 N–H and O–H groups in total. The number of imidazole rings is 1. The Morgan fingerprint density at radius 3 is 2.47 bits per heavy atom. The Labute approximate surface area is 182 Å². The molecule has 1 amide bonds. The number of nitrogens with one attached hydrogen (secondary N) is 1. The first-order valence-electron chi connectivity index (χ1n) is 10.1. The second kappa shape index (κ2) is 9.18. The van der Waals surface area contributed by atoms with Gasteiger partial charge in [-0.25, -0.2) is 9.99 Å². The number of hydrogen-bond acceptors (Lipinski definition) is 10. The lowest BCUT2D eigenvalue weighted by Crippen LogP contribution is -2.54. The topological polar surface area (TPSA) is 166 Å². The van der Waals surface area contributed by atoms with Crippen LogP contribution in [0.15, 0.2) is 36.7 Å². The molecule has 0 radical (unpaired) electrons. The number of piperazine rings is 1. The summed E-state index contributed by atoms with van der Waals surface area (Å²) < 4.78 is 6.80. The largest absolute Gasteiger partial charge is 0.394 e. The first-order valence-corrected chi connectivity index (χ1v) is 10.1. The quantitative estimate of drug-likeness (QED) is 0.314. The van der Waals surface area contributed by atoms with Gasteiger partial charge in [-0.2, -0.15) is 0 Å². The van der Waals surface area contributed by atoms with E-state index in [0.717, 1.165) is 5.69 Å². The number of carbonyl (C=O) groups is 1. The minimum atomic E-state index is -1.32. The fourth-order valence-electron chi connectivity index (χ4n) is 3.86. The molecule has 2 saturated heterocycles. The van der Waals surface area contributed by atoms with Crippen molar-refractivity contribution in [1.82, 2.24) is 20.0 Å². The van der Waals surface area contributed by atoms with Crippen molar-refractivity contribution in [2.75, 3.05) is 37.7 Å². The van der Waals surface area contributed by atoms with E-state index < -0.39 is 42.0 Å². The number of amides is 1. The Kier molecular flexibility index (Phi) is 6.34. The Morgan fingerprint density at radius 2 is 1.88 bits per heavy atom. The lowest BCUT2D eigenvalue weighted by Gasteiger charge is -2.36. The Bertz CT molecular complexity index is 959. The number of anilines is 1. The number of ether oxygens (including phenoxy) is 1. The molecule has 4 atom stereocenters. The third-order valence-electron chi connectivity index (χ3n) is 5.63. The highest BCUT2D eigenvalue weighted by Crippen LogP contribution is 2.30. The average molecular weight is 448 g/mol. The predicted octanol–water partition coefficient (Wildman–Crippen LogP) is -1.13. The van der Waals surface area contributed by atoms with E-state index in [1.54, 1.807) is 17.1 Å². The number of nitro benzene ring substituents is 1. The fraction of sp³-hybridized carbons (Fsp3) is 0.474. The molecule has 1 aromatic heterocycles. The van der Waals surface area contributed by atoms with Crippen molar-refractivity contribution in [3.63, 3.8) is 0 Å². The lowest BCUT2D eigenvalue weighted by molar-refractivity contribution is -0.384. The second-order valence-electron chi connectivity index (χ2n) is 7.58. The summed E-state index contributed by atoms with van der Waals surface area (Å²) in [6, 6.07) is 6.32. The number of aliphatic hydroxyl groups excluding tert-OH is 3. The van der Waals surface area contributed by atoms with E-state index in [1.807, 2.05) is 0 Å². The number of nitrogens with zero attached hydrogens (tertiary/aromatic N) is 5. The van der Waals surface area contributed by atoms with Crippen LogP contribution in [0.2, 0.25) is 0 Å². The average Bonchev–Trinajstić information content (AvgIpc) is 3.39. The minimum absolute atomic E-state index is 0.00219. The standard InChI is InChI=1S/C19H24N6O7/c26-11-14-15(27)16(28)19(32-14)24-6-5-20-17(24)18(29)21-23-9-7-22(8-10-23)12-1-3-13(4-2-12)25(30)31/h1-6,14-16,19,26-28H,7-11H2,(H,21,29)/t14-,15-,16-,19-/m1/s1. The van der Waals surface area contributed by atoms with E-state index in [2.05, 4.69) is 15.3 Å². The fourth-order valence-corrected chi connectivity index (χ4v) is 3.86. The van der Waals surface area contributed by atoms with Gasteiger partial charge in [-0.1, -0.05) is 0 Å². The third kappa shape index (κ3) is 4.28. The van der Waals surface area contributed by atoms with Crippen LogP contribution >= 0.6 is 0 Å². The number of hydrazine groups is 1. The molecule has 0 saturated carbocycles. The zero-order chi connectivity index (χ0) is 22.8. The molecule has 2 fully saturated rings. The molecule has 2 aromatic rings. The Balaban J connectivity index is 1.35. The number of non-ortho nitro benzene ring substituents is 1. The van der Waals surface area contributed by atoms with Gasteiger partial charge in [-0.15, -0.1) is 0 Å². The maximum absolute atomic E-state index is 12.8. The summed E-state index contributed by atoms with van der Waals surface area (Å²) in [7, 11) is 0. The first kappa shape index (κ1) is 22.1. The minimum Gasteiger partial charge on any atom is -0.394 e. The van der Waals surface area contributed by atoms with Gasteiger partial charge in [0.15, 0.2) is 6.23 Å². The molecule has 1 aromatic carbocycles. The van der Waals surface area contributed by atoms with E-state index in [0.29, 0.717) is 26.2 Å². The summed E-state index contributed by atoms with van der Waals surface area (Å²) >= 11 is 0. The molecule has 2 aliphatic heterocycles. The van der Waals surface area contributed by atoms with Crippen LogP contribution in [0.1, 0.15) is 16.8 Å². The molecule has 3 heterocycles. The number of hydrogen-bond donors (Lipinski definition) is 4. The van der Waals surface area contributed by atoms with Gasteiger partial charge in [-0.05, 0) is 12.1 Å². The third-order valence-corrected chi connectivity index (χ3v) is 5.63. The van der Waals surface area contributed by atoms with Gasteiger partial charge in [0.1, 0.15) is 18.3 Å². The zero-order valence-electron chi connectivity index (χ0n) is 17.0. The van der Waals surface area contributed by atoms with E-state index in [9.17, 15) is 30.2 Å². The van der Waals surface area contributed by atoms with Gasteiger partial charge in [0, 0.05) is 56.4 Å². The Hall–Kier alpha value is -3.10. The van der Waals surface area contributed by atoms with Crippen LogP contribution in [0, 0.1) is 10.1 Å². The molecule has 2 aliphatic rings. The number of aliphatic hydroxyl groups is 3. The van der Waals surface area contributed by atoms with Gasteiger partial charge in [0.05, 0.1) is 11.5 Å². The molecule has 0 bridgehead atoms. The van der Waals surface area contributed by atoms with Crippen molar-refractivity contribution in [3.8, 4) is 0 Å². The Morgan fingerprint density at radius 1 is 1.19 bits per heavy atom. The maximum Gasteiger partial charge on any atom is 0.301 e. The van der Waals surface area contributed by atoms with Crippen LogP contribution in [0.4, 0.5) is 11.4 Å². The lowest BCUT2D eigenvalue weighted by atomic mass is 10.1. The highest BCUT2D eigenvalue weighted by molar-refractivity contribution is 5.90. The molecule has 13 heteroatoms. The van der Waals surface area contributed by atoms with Crippen molar-refractivity contribution in [2.45, 2.75) is 24.5 Å². The highest BCUT2D eigenvalue weighted by atomic mass is 16.6. The molecule has 13 nitrogen and oxygen atoms in total. The molecule has 4 rings (SSSR count). The van der Waals surface area contributed by atoms with Crippen molar-refractivity contribution < 1.29 is 29.8 Å². The molecule has 0 spiro atoms. The number of nitro groups is 1. The van der Waals surface area contributed by atoms with Gasteiger partial charge in [-0.3, -0.25) is 24.9 Å². The first-order chi connectivity index (χ1) is 15.4. The zero-order valence-corrected chi connectivity index (χ0v) is 17.0. The van der Waals surface area contributed by atoms with Gasteiger partial charge >= 0.3 is 5.91 Å². The molecular weight excluding hydrogens is 424 g/mol. The smallest absolute Gasteiger partial charge is 0.301 e. The molecular formula is C19H24N6O7. The number of rotatable bonds is 6. The van der Waals surface area contributed by atoms with Crippen LogP contribution in [0.25, 0.3) is 0 Å². The van der Waals surface area contributed by atoms with Crippen LogP contribution in [-0.4, -0.2) is 91.8 Å². The maximum atomic E-state index is 12.8. The summed E-state index contributed by atoms with van der Waals surface area (Å²) in [6.45, 7) is 1.75. The van der Waals surface area contributed by atoms with Crippen LogP contribution < -0.4 is 10.3 Å². The summed E-state index contributed by atoms with van der Waals surface area (Å²) in [6.07, 6.45) is -1.77. The number of carbonyl (C=O) groups excluding carboxylic acids is 1. The number of aromatic nitrogens is 2. The normalized spacial score (nSPS) is 26.3.